The maximum atomic E-state index is 13.9. The fourth-order valence-electron chi connectivity index (χ4n) is 2.67. The van der Waals surface area contributed by atoms with Crippen molar-refractivity contribution in [3.8, 4) is 0 Å². The number of aromatic nitrogens is 1. The molecule has 0 aliphatic carbocycles. The van der Waals surface area contributed by atoms with Crippen LogP contribution in [-0.2, 0) is 16.6 Å². The standard InChI is InChI=1S/C20H18FN3O3S/c1-24(14-15-7-2-4-10-18(15)21)20(25)17-9-3-5-11-19(17)28(26,27)23-16-8-6-12-22-13-16/h2-13,23H,14H2,1H3. The topological polar surface area (TPSA) is 79.4 Å². The average Bonchev–Trinajstić information content (AvgIpc) is 2.69. The summed E-state index contributed by atoms with van der Waals surface area (Å²) in [7, 11) is -2.52. The molecule has 0 unspecified atom stereocenters. The number of rotatable bonds is 6. The van der Waals surface area contributed by atoms with Gasteiger partial charge in [0.15, 0.2) is 0 Å². The van der Waals surface area contributed by atoms with Crippen molar-refractivity contribution in [3.05, 3.63) is 90.0 Å². The van der Waals surface area contributed by atoms with Crippen LogP contribution in [0.25, 0.3) is 0 Å². The molecule has 0 atom stereocenters. The van der Waals surface area contributed by atoms with Crippen molar-refractivity contribution in [2.24, 2.45) is 0 Å². The first kappa shape index (κ1) is 19.5. The molecule has 1 heterocycles. The Morgan fingerprint density at radius 2 is 1.79 bits per heavy atom. The summed E-state index contributed by atoms with van der Waals surface area (Å²) in [5.74, 6) is -0.961. The molecule has 0 radical (unpaired) electrons. The third-order valence-electron chi connectivity index (χ3n) is 4.03. The largest absolute Gasteiger partial charge is 0.337 e. The SMILES string of the molecule is CN(Cc1ccccc1F)C(=O)c1ccccc1S(=O)(=O)Nc1cccnc1. The zero-order chi connectivity index (χ0) is 20.1. The number of amides is 1. The highest BCUT2D eigenvalue weighted by Gasteiger charge is 2.24. The van der Waals surface area contributed by atoms with Gasteiger partial charge in [0.2, 0.25) is 0 Å². The van der Waals surface area contributed by atoms with Crippen LogP contribution in [0.15, 0.2) is 78.0 Å². The third-order valence-corrected chi connectivity index (χ3v) is 5.47. The minimum absolute atomic E-state index is 0.00210. The number of halogens is 1. The van der Waals surface area contributed by atoms with Crippen molar-refractivity contribution >= 4 is 21.6 Å². The summed E-state index contributed by atoms with van der Waals surface area (Å²) < 4.78 is 41.9. The van der Waals surface area contributed by atoms with Crippen LogP contribution in [0.4, 0.5) is 10.1 Å². The number of hydrogen-bond donors (Lipinski definition) is 1. The lowest BCUT2D eigenvalue weighted by Crippen LogP contribution is -2.29. The van der Waals surface area contributed by atoms with Gasteiger partial charge in [-0.25, -0.2) is 12.8 Å². The summed E-state index contributed by atoms with van der Waals surface area (Å²) in [5, 5.41) is 0. The highest BCUT2D eigenvalue weighted by Crippen LogP contribution is 2.21. The zero-order valence-electron chi connectivity index (χ0n) is 15.0. The van der Waals surface area contributed by atoms with Crippen molar-refractivity contribution in [3.63, 3.8) is 0 Å². The lowest BCUT2D eigenvalue weighted by molar-refractivity contribution is 0.0780. The summed E-state index contributed by atoms with van der Waals surface area (Å²) in [4.78, 5) is 17.9. The minimum atomic E-state index is -4.02. The smallest absolute Gasteiger partial charge is 0.262 e. The van der Waals surface area contributed by atoms with Crippen LogP contribution >= 0.6 is 0 Å². The molecule has 1 aromatic heterocycles. The number of benzene rings is 2. The first-order valence-corrected chi connectivity index (χ1v) is 9.87. The molecule has 1 N–H and O–H groups in total. The molecule has 0 aliphatic heterocycles. The molecular weight excluding hydrogens is 381 g/mol. The maximum Gasteiger partial charge on any atom is 0.262 e. The molecule has 6 nitrogen and oxygen atoms in total. The molecular formula is C20H18FN3O3S. The predicted molar refractivity (Wildman–Crippen MR) is 104 cm³/mol. The Kier molecular flexibility index (Phi) is 5.70. The highest BCUT2D eigenvalue weighted by atomic mass is 32.2. The molecule has 0 saturated heterocycles. The van der Waals surface area contributed by atoms with Crippen molar-refractivity contribution in [1.29, 1.82) is 0 Å². The van der Waals surface area contributed by atoms with Gasteiger partial charge in [-0.3, -0.25) is 14.5 Å². The Bertz CT molecular complexity index is 1090. The van der Waals surface area contributed by atoms with Crippen LogP contribution in [0, 0.1) is 5.82 Å². The molecule has 28 heavy (non-hydrogen) atoms. The fraction of sp³-hybridized carbons (Fsp3) is 0.100. The molecule has 8 heteroatoms. The molecule has 3 aromatic rings. The van der Waals surface area contributed by atoms with E-state index in [1.807, 2.05) is 0 Å². The van der Waals surface area contributed by atoms with Crippen molar-refractivity contribution < 1.29 is 17.6 Å². The van der Waals surface area contributed by atoms with Gasteiger partial charge in [-0.15, -0.1) is 0 Å². The van der Waals surface area contributed by atoms with E-state index in [-0.39, 0.29) is 22.7 Å². The van der Waals surface area contributed by atoms with Gasteiger partial charge in [0, 0.05) is 25.4 Å². The molecule has 144 valence electrons. The number of nitrogens with one attached hydrogen (secondary N) is 1. The number of carbonyl (C=O) groups excluding carboxylic acids is 1. The maximum absolute atomic E-state index is 13.9. The minimum Gasteiger partial charge on any atom is -0.337 e. The molecule has 0 fully saturated rings. The van der Waals surface area contributed by atoms with E-state index in [1.165, 1.54) is 48.6 Å². The number of carbonyl (C=O) groups is 1. The summed E-state index contributed by atoms with van der Waals surface area (Å²) in [6, 6.07) is 15.2. The van der Waals surface area contributed by atoms with E-state index >= 15 is 0 Å². The Morgan fingerprint density at radius 1 is 1.07 bits per heavy atom. The highest BCUT2D eigenvalue weighted by molar-refractivity contribution is 7.92. The Morgan fingerprint density at radius 3 is 2.50 bits per heavy atom. The lowest BCUT2D eigenvalue weighted by atomic mass is 10.1. The number of anilines is 1. The first-order valence-electron chi connectivity index (χ1n) is 8.39. The molecule has 0 bridgehead atoms. The van der Waals surface area contributed by atoms with Crippen LogP contribution in [0.2, 0.25) is 0 Å². The summed E-state index contributed by atoms with van der Waals surface area (Å²) >= 11 is 0. The van der Waals surface area contributed by atoms with Crippen LogP contribution in [-0.4, -0.2) is 31.3 Å². The van der Waals surface area contributed by atoms with Crippen LogP contribution in [0.1, 0.15) is 15.9 Å². The second-order valence-corrected chi connectivity index (χ2v) is 7.75. The third kappa shape index (κ3) is 4.34. The van der Waals surface area contributed by atoms with Crippen LogP contribution in [0.3, 0.4) is 0 Å². The second-order valence-electron chi connectivity index (χ2n) is 6.10. The molecule has 0 saturated carbocycles. The lowest BCUT2D eigenvalue weighted by Gasteiger charge is -2.19. The molecule has 1 amide bonds. The fourth-order valence-corrected chi connectivity index (χ4v) is 3.91. The Balaban J connectivity index is 1.89. The van der Waals surface area contributed by atoms with Gasteiger partial charge < -0.3 is 4.90 Å². The number of nitrogens with zero attached hydrogens (tertiary/aromatic N) is 2. The molecule has 0 aliphatic rings. The normalized spacial score (nSPS) is 11.1. The van der Waals surface area contributed by atoms with Gasteiger partial charge in [-0.2, -0.15) is 0 Å². The van der Waals surface area contributed by atoms with Gasteiger partial charge in [-0.05, 0) is 30.3 Å². The van der Waals surface area contributed by atoms with Crippen molar-refractivity contribution in [1.82, 2.24) is 9.88 Å². The van der Waals surface area contributed by atoms with Gasteiger partial charge in [-0.1, -0.05) is 30.3 Å². The van der Waals surface area contributed by atoms with E-state index in [0.717, 1.165) is 0 Å². The van der Waals surface area contributed by atoms with Gasteiger partial charge in [0.25, 0.3) is 15.9 Å². The van der Waals surface area contributed by atoms with E-state index in [9.17, 15) is 17.6 Å². The van der Waals surface area contributed by atoms with Gasteiger partial charge in [0.05, 0.1) is 17.4 Å². The molecule has 3 rings (SSSR count). The average molecular weight is 399 g/mol. The van der Waals surface area contributed by atoms with Gasteiger partial charge in [0.1, 0.15) is 10.7 Å². The second kappa shape index (κ2) is 8.18. The monoisotopic (exact) mass is 399 g/mol. The number of sulfonamides is 1. The number of hydrogen-bond acceptors (Lipinski definition) is 4. The van der Waals surface area contributed by atoms with Crippen molar-refractivity contribution in [2.45, 2.75) is 11.4 Å². The summed E-state index contributed by atoms with van der Waals surface area (Å²) in [6.45, 7) is 0.00984. The van der Waals surface area contributed by atoms with E-state index in [4.69, 9.17) is 0 Å². The van der Waals surface area contributed by atoms with E-state index in [2.05, 4.69) is 9.71 Å². The van der Waals surface area contributed by atoms with Gasteiger partial charge >= 0.3 is 0 Å². The van der Waals surface area contributed by atoms with Crippen LogP contribution in [0.5, 0.6) is 0 Å². The van der Waals surface area contributed by atoms with Crippen LogP contribution < -0.4 is 4.72 Å². The van der Waals surface area contributed by atoms with Crippen molar-refractivity contribution in [2.75, 3.05) is 11.8 Å². The molecule has 0 spiro atoms. The quantitative estimate of drug-likeness (QED) is 0.690. The van der Waals surface area contributed by atoms with E-state index in [1.54, 1.807) is 36.4 Å². The predicted octanol–water partition coefficient (Wildman–Crippen LogP) is 3.29. The Hall–Kier alpha value is -3.26. The molecule has 2 aromatic carbocycles. The first-order chi connectivity index (χ1) is 13.4. The summed E-state index contributed by atoms with van der Waals surface area (Å²) in [6.07, 6.45) is 2.89. The van der Waals surface area contributed by atoms with E-state index < -0.39 is 21.7 Å². The summed E-state index contributed by atoms with van der Waals surface area (Å²) in [5.41, 5.74) is 0.620. The number of pyridine rings is 1. The Labute approximate surface area is 162 Å². The zero-order valence-corrected chi connectivity index (χ0v) is 15.9. The van der Waals surface area contributed by atoms with E-state index in [0.29, 0.717) is 5.56 Å².